The third-order valence-corrected chi connectivity index (χ3v) is 3.85. The van der Waals surface area contributed by atoms with E-state index in [1.807, 2.05) is 0 Å². The summed E-state index contributed by atoms with van der Waals surface area (Å²) in [5.41, 5.74) is 1.17. The van der Waals surface area contributed by atoms with Crippen LogP contribution in [0.2, 0.25) is 0 Å². The average molecular weight is 218 g/mol. The van der Waals surface area contributed by atoms with Gasteiger partial charge < -0.3 is 0 Å². The maximum Gasteiger partial charge on any atom is 0.0931 e. The number of rotatable bonds is 4. The Morgan fingerprint density at radius 1 is 1.46 bits per heavy atom. The number of hydrogen-bond acceptors (Lipinski definition) is 2. The lowest BCUT2D eigenvalue weighted by Crippen LogP contribution is -1.98. The van der Waals surface area contributed by atoms with Crippen LogP contribution >= 0.6 is 22.9 Å². The van der Waals surface area contributed by atoms with Crippen molar-refractivity contribution in [3.63, 3.8) is 0 Å². The van der Waals surface area contributed by atoms with Crippen LogP contribution in [-0.2, 0) is 6.42 Å². The van der Waals surface area contributed by atoms with Gasteiger partial charge in [0.15, 0.2) is 0 Å². The fourth-order valence-corrected chi connectivity index (χ4v) is 2.19. The molecule has 13 heavy (non-hydrogen) atoms. The molecule has 0 aliphatic carbocycles. The summed E-state index contributed by atoms with van der Waals surface area (Å²) < 4.78 is 0. The van der Waals surface area contributed by atoms with Crippen molar-refractivity contribution in [3.05, 3.63) is 15.6 Å². The minimum absolute atomic E-state index is 0.310. The first-order chi connectivity index (χ1) is 6.13. The molecule has 0 aliphatic heterocycles. The van der Waals surface area contributed by atoms with Crippen molar-refractivity contribution in [2.45, 2.75) is 45.4 Å². The zero-order chi connectivity index (χ0) is 9.84. The van der Waals surface area contributed by atoms with E-state index in [1.54, 1.807) is 11.3 Å². The number of hydrogen-bond donors (Lipinski definition) is 0. The Balaban J connectivity index is 2.45. The molecule has 3 heteroatoms. The van der Waals surface area contributed by atoms with Gasteiger partial charge in [0.05, 0.1) is 10.7 Å². The van der Waals surface area contributed by atoms with E-state index in [-0.39, 0.29) is 0 Å². The fraction of sp³-hybridized carbons (Fsp3) is 0.700. The van der Waals surface area contributed by atoms with Gasteiger partial charge in [-0.25, -0.2) is 4.98 Å². The van der Waals surface area contributed by atoms with Crippen molar-refractivity contribution in [2.75, 3.05) is 0 Å². The predicted molar refractivity (Wildman–Crippen MR) is 59.8 cm³/mol. The Labute approximate surface area is 89.1 Å². The van der Waals surface area contributed by atoms with Crippen molar-refractivity contribution in [3.8, 4) is 0 Å². The highest BCUT2D eigenvalue weighted by molar-refractivity contribution is 7.11. The van der Waals surface area contributed by atoms with E-state index in [4.69, 9.17) is 11.6 Å². The molecule has 0 saturated heterocycles. The molecule has 0 aromatic carbocycles. The molecule has 0 N–H and O–H groups in total. The van der Waals surface area contributed by atoms with Gasteiger partial charge in [-0.2, -0.15) is 0 Å². The van der Waals surface area contributed by atoms with E-state index in [0.717, 1.165) is 19.3 Å². The molecule has 1 unspecified atom stereocenters. The highest BCUT2D eigenvalue weighted by Gasteiger charge is 2.06. The van der Waals surface area contributed by atoms with Crippen LogP contribution in [0.15, 0.2) is 0 Å². The first-order valence-corrected chi connectivity index (χ1v) is 5.95. The maximum atomic E-state index is 6.04. The Kier molecular flexibility index (Phi) is 4.20. The molecule has 1 atom stereocenters. The minimum Gasteiger partial charge on any atom is -0.246 e. The minimum atomic E-state index is 0.310. The van der Waals surface area contributed by atoms with Crippen molar-refractivity contribution < 1.29 is 0 Å². The Hall–Kier alpha value is -0.0800. The molecule has 0 amide bonds. The van der Waals surface area contributed by atoms with Gasteiger partial charge in [-0.05, 0) is 26.7 Å². The second-order valence-corrected chi connectivity index (χ2v) is 5.20. The van der Waals surface area contributed by atoms with E-state index in [1.165, 1.54) is 15.6 Å². The average Bonchev–Trinajstić information content (AvgIpc) is 2.42. The van der Waals surface area contributed by atoms with Gasteiger partial charge in [0.25, 0.3) is 0 Å². The van der Waals surface area contributed by atoms with Crippen LogP contribution in [-0.4, -0.2) is 10.4 Å². The molecule has 0 fully saturated rings. The van der Waals surface area contributed by atoms with Crippen LogP contribution in [0.25, 0.3) is 0 Å². The van der Waals surface area contributed by atoms with Gasteiger partial charge >= 0.3 is 0 Å². The van der Waals surface area contributed by atoms with Crippen molar-refractivity contribution in [2.24, 2.45) is 0 Å². The van der Waals surface area contributed by atoms with E-state index in [0.29, 0.717) is 5.38 Å². The SMILES string of the molecule is CCC(Cl)CCc1nc(C)c(C)s1. The fourth-order valence-electron chi connectivity index (χ4n) is 1.13. The number of halogens is 1. The van der Waals surface area contributed by atoms with Gasteiger partial charge in [0, 0.05) is 16.7 Å². The van der Waals surface area contributed by atoms with E-state index < -0.39 is 0 Å². The van der Waals surface area contributed by atoms with Gasteiger partial charge in [0.1, 0.15) is 0 Å². The Morgan fingerprint density at radius 3 is 2.62 bits per heavy atom. The standard InChI is InChI=1S/C10H16ClNS/c1-4-9(11)5-6-10-12-7(2)8(3)13-10/h9H,4-6H2,1-3H3. The van der Waals surface area contributed by atoms with E-state index in [2.05, 4.69) is 25.8 Å². The number of alkyl halides is 1. The number of aromatic nitrogens is 1. The van der Waals surface area contributed by atoms with Crippen LogP contribution in [0.4, 0.5) is 0 Å². The van der Waals surface area contributed by atoms with Crippen molar-refractivity contribution in [1.29, 1.82) is 0 Å². The number of aryl methyl sites for hydroxylation is 3. The molecule has 0 radical (unpaired) electrons. The summed E-state index contributed by atoms with van der Waals surface area (Å²) in [5.74, 6) is 0. The first kappa shape index (κ1) is 11.0. The highest BCUT2D eigenvalue weighted by atomic mass is 35.5. The molecule has 0 aliphatic rings. The summed E-state index contributed by atoms with van der Waals surface area (Å²) in [5, 5.41) is 1.54. The smallest absolute Gasteiger partial charge is 0.0931 e. The second kappa shape index (κ2) is 4.97. The molecular formula is C10H16ClNS. The zero-order valence-corrected chi connectivity index (χ0v) is 10.0. The third kappa shape index (κ3) is 3.28. The zero-order valence-electron chi connectivity index (χ0n) is 8.43. The summed E-state index contributed by atoms with van der Waals surface area (Å²) >= 11 is 7.84. The Morgan fingerprint density at radius 2 is 2.15 bits per heavy atom. The molecule has 1 heterocycles. The molecule has 1 aromatic rings. The van der Waals surface area contributed by atoms with Gasteiger partial charge in [-0.15, -0.1) is 22.9 Å². The molecule has 1 nitrogen and oxygen atoms in total. The second-order valence-electron chi connectivity index (χ2n) is 3.29. The predicted octanol–water partition coefficient (Wildman–Crippen LogP) is 3.71. The molecular weight excluding hydrogens is 202 g/mol. The van der Waals surface area contributed by atoms with Crippen LogP contribution in [0.1, 0.15) is 35.3 Å². The maximum absolute atomic E-state index is 6.04. The lowest BCUT2D eigenvalue weighted by atomic mass is 10.2. The normalized spacial score (nSPS) is 13.2. The van der Waals surface area contributed by atoms with Crippen LogP contribution in [0.5, 0.6) is 0 Å². The summed E-state index contributed by atoms with van der Waals surface area (Å²) in [4.78, 5) is 5.81. The lowest BCUT2D eigenvalue weighted by Gasteiger charge is -2.02. The number of nitrogens with zero attached hydrogens (tertiary/aromatic N) is 1. The van der Waals surface area contributed by atoms with Crippen molar-refractivity contribution >= 4 is 22.9 Å². The van der Waals surface area contributed by atoms with Crippen LogP contribution in [0.3, 0.4) is 0 Å². The molecule has 74 valence electrons. The van der Waals surface area contributed by atoms with Crippen LogP contribution in [0, 0.1) is 13.8 Å². The molecule has 1 aromatic heterocycles. The monoisotopic (exact) mass is 217 g/mol. The molecule has 0 spiro atoms. The van der Waals surface area contributed by atoms with E-state index in [9.17, 15) is 0 Å². The van der Waals surface area contributed by atoms with Gasteiger partial charge in [0.2, 0.25) is 0 Å². The highest BCUT2D eigenvalue weighted by Crippen LogP contribution is 2.19. The lowest BCUT2D eigenvalue weighted by molar-refractivity contribution is 0.723. The summed E-state index contributed by atoms with van der Waals surface area (Å²) in [6, 6.07) is 0. The summed E-state index contributed by atoms with van der Waals surface area (Å²) in [6.07, 6.45) is 3.12. The third-order valence-electron chi connectivity index (χ3n) is 2.19. The number of thiazole rings is 1. The quantitative estimate of drug-likeness (QED) is 0.701. The van der Waals surface area contributed by atoms with Crippen LogP contribution < -0.4 is 0 Å². The van der Waals surface area contributed by atoms with E-state index >= 15 is 0 Å². The van der Waals surface area contributed by atoms with Gasteiger partial charge in [-0.1, -0.05) is 6.92 Å². The van der Waals surface area contributed by atoms with Crippen molar-refractivity contribution in [1.82, 2.24) is 4.98 Å². The first-order valence-electron chi connectivity index (χ1n) is 4.70. The topological polar surface area (TPSA) is 12.9 Å². The summed E-state index contributed by atoms with van der Waals surface area (Å²) in [7, 11) is 0. The van der Waals surface area contributed by atoms with Gasteiger partial charge in [-0.3, -0.25) is 0 Å². The molecule has 0 saturated carbocycles. The summed E-state index contributed by atoms with van der Waals surface area (Å²) in [6.45, 7) is 6.30. The Bertz CT molecular complexity index is 250. The molecule has 0 bridgehead atoms. The molecule has 1 rings (SSSR count). The largest absolute Gasteiger partial charge is 0.246 e.